The van der Waals surface area contributed by atoms with Crippen LogP contribution in [0.3, 0.4) is 0 Å². The monoisotopic (exact) mass is 312 g/mol. The maximum Gasteiger partial charge on any atom is 0.274 e. The van der Waals surface area contributed by atoms with Crippen molar-refractivity contribution in [2.75, 3.05) is 10.6 Å². The molecule has 23 heavy (non-hydrogen) atoms. The van der Waals surface area contributed by atoms with E-state index in [9.17, 15) is 4.79 Å². The summed E-state index contributed by atoms with van der Waals surface area (Å²) >= 11 is 0. The summed E-state index contributed by atoms with van der Waals surface area (Å²) < 4.78 is 0. The minimum absolute atomic E-state index is 0.239. The molecule has 0 aliphatic heterocycles. The van der Waals surface area contributed by atoms with Gasteiger partial charge < -0.3 is 10.6 Å². The SMILES string of the molecule is CCC(C)Nc1nccc(C(=O)Nc2ccc(C(C)C)cc2)n1. The zero-order valence-corrected chi connectivity index (χ0v) is 14.1. The van der Waals surface area contributed by atoms with Gasteiger partial charge in [-0.15, -0.1) is 0 Å². The largest absolute Gasteiger partial charge is 0.352 e. The standard InChI is InChI=1S/C18H24N4O/c1-5-13(4)20-18-19-11-10-16(22-18)17(23)21-15-8-6-14(7-9-15)12(2)3/h6-13H,5H2,1-4H3,(H,21,23)(H,19,20,22). The van der Waals surface area contributed by atoms with Crippen LogP contribution in [0.5, 0.6) is 0 Å². The number of nitrogens with one attached hydrogen (secondary N) is 2. The van der Waals surface area contributed by atoms with E-state index in [4.69, 9.17) is 0 Å². The molecule has 0 saturated carbocycles. The second-order valence-electron chi connectivity index (χ2n) is 5.95. The molecular formula is C18H24N4O. The average molecular weight is 312 g/mol. The van der Waals surface area contributed by atoms with E-state index < -0.39 is 0 Å². The minimum atomic E-state index is -0.239. The van der Waals surface area contributed by atoms with Gasteiger partial charge in [0.05, 0.1) is 0 Å². The van der Waals surface area contributed by atoms with Gasteiger partial charge in [0.25, 0.3) is 5.91 Å². The van der Waals surface area contributed by atoms with Gasteiger partial charge in [0.1, 0.15) is 5.69 Å². The quantitative estimate of drug-likeness (QED) is 0.844. The predicted molar refractivity (Wildman–Crippen MR) is 93.9 cm³/mol. The first-order chi connectivity index (χ1) is 11.0. The molecule has 0 spiro atoms. The number of carbonyl (C=O) groups excluding carboxylic acids is 1. The minimum Gasteiger partial charge on any atom is -0.352 e. The number of hydrogen-bond donors (Lipinski definition) is 2. The van der Waals surface area contributed by atoms with Gasteiger partial charge in [-0.2, -0.15) is 0 Å². The summed E-state index contributed by atoms with van der Waals surface area (Å²) in [6, 6.07) is 9.74. The lowest BCUT2D eigenvalue weighted by molar-refractivity contribution is 0.102. The van der Waals surface area contributed by atoms with Gasteiger partial charge in [0, 0.05) is 17.9 Å². The summed E-state index contributed by atoms with van der Waals surface area (Å²) in [7, 11) is 0. The third-order valence-electron chi connectivity index (χ3n) is 3.71. The maximum atomic E-state index is 12.3. The molecule has 2 aromatic rings. The second kappa shape index (κ2) is 7.72. The van der Waals surface area contributed by atoms with Crippen LogP contribution in [-0.4, -0.2) is 21.9 Å². The van der Waals surface area contributed by atoms with Crippen LogP contribution in [0.25, 0.3) is 0 Å². The number of carbonyl (C=O) groups is 1. The molecule has 0 fully saturated rings. The van der Waals surface area contributed by atoms with Gasteiger partial charge in [-0.25, -0.2) is 9.97 Å². The second-order valence-corrected chi connectivity index (χ2v) is 5.95. The Morgan fingerprint density at radius 3 is 2.43 bits per heavy atom. The molecule has 5 heteroatoms. The van der Waals surface area contributed by atoms with E-state index in [1.807, 2.05) is 31.2 Å². The normalized spacial score (nSPS) is 12.0. The Bertz CT molecular complexity index is 652. The smallest absolute Gasteiger partial charge is 0.274 e. The summed E-state index contributed by atoms with van der Waals surface area (Å²) in [6.07, 6.45) is 2.55. The van der Waals surface area contributed by atoms with E-state index in [2.05, 4.69) is 41.4 Å². The molecule has 0 aliphatic carbocycles. The van der Waals surface area contributed by atoms with Crippen molar-refractivity contribution in [2.24, 2.45) is 0 Å². The van der Waals surface area contributed by atoms with Gasteiger partial charge in [-0.05, 0) is 43.0 Å². The van der Waals surface area contributed by atoms with Crippen LogP contribution >= 0.6 is 0 Å². The molecule has 2 N–H and O–H groups in total. The zero-order chi connectivity index (χ0) is 16.8. The highest BCUT2D eigenvalue weighted by Crippen LogP contribution is 2.17. The lowest BCUT2D eigenvalue weighted by atomic mass is 10.0. The lowest BCUT2D eigenvalue weighted by Crippen LogP contribution is -2.19. The number of hydrogen-bond acceptors (Lipinski definition) is 4. The molecule has 0 bridgehead atoms. The van der Waals surface area contributed by atoms with Crippen LogP contribution in [0.1, 0.15) is 56.1 Å². The number of rotatable bonds is 6. The molecule has 0 aliphatic rings. The molecular weight excluding hydrogens is 288 g/mol. The Balaban J connectivity index is 2.06. The number of amides is 1. The van der Waals surface area contributed by atoms with Crippen LogP contribution in [0.4, 0.5) is 11.6 Å². The van der Waals surface area contributed by atoms with Crippen molar-refractivity contribution in [1.29, 1.82) is 0 Å². The van der Waals surface area contributed by atoms with E-state index in [1.54, 1.807) is 12.3 Å². The fourth-order valence-electron chi connectivity index (χ4n) is 2.02. The highest BCUT2D eigenvalue weighted by atomic mass is 16.1. The van der Waals surface area contributed by atoms with Crippen LogP contribution in [0.15, 0.2) is 36.5 Å². The van der Waals surface area contributed by atoms with E-state index >= 15 is 0 Å². The fraction of sp³-hybridized carbons (Fsp3) is 0.389. The van der Waals surface area contributed by atoms with Crippen LogP contribution in [-0.2, 0) is 0 Å². The molecule has 122 valence electrons. The first-order valence-corrected chi connectivity index (χ1v) is 8.00. The first-order valence-electron chi connectivity index (χ1n) is 8.00. The van der Waals surface area contributed by atoms with Gasteiger partial charge in [-0.3, -0.25) is 4.79 Å². The summed E-state index contributed by atoms with van der Waals surface area (Å²) in [5.41, 5.74) is 2.35. The van der Waals surface area contributed by atoms with Crippen molar-refractivity contribution in [1.82, 2.24) is 9.97 Å². The third kappa shape index (κ3) is 4.77. The molecule has 1 heterocycles. The van der Waals surface area contributed by atoms with Gasteiger partial charge in [0.15, 0.2) is 0 Å². The Labute approximate surface area is 137 Å². The Morgan fingerprint density at radius 2 is 1.83 bits per heavy atom. The zero-order valence-electron chi connectivity index (χ0n) is 14.1. The molecule has 1 amide bonds. The summed E-state index contributed by atoms with van der Waals surface area (Å²) in [5, 5.41) is 6.03. The summed E-state index contributed by atoms with van der Waals surface area (Å²) in [6.45, 7) is 8.40. The Morgan fingerprint density at radius 1 is 1.13 bits per heavy atom. The van der Waals surface area contributed by atoms with Crippen LogP contribution < -0.4 is 10.6 Å². The highest BCUT2D eigenvalue weighted by Gasteiger charge is 2.10. The predicted octanol–water partition coefficient (Wildman–Crippen LogP) is 4.06. The molecule has 1 aromatic heterocycles. The van der Waals surface area contributed by atoms with Crippen molar-refractivity contribution in [2.45, 2.75) is 46.1 Å². The molecule has 0 radical (unpaired) electrons. The number of benzene rings is 1. The number of nitrogens with zero attached hydrogens (tertiary/aromatic N) is 2. The maximum absolute atomic E-state index is 12.3. The summed E-state index contributed by atoms with van der Waals surface area (Å²) in [4.78, 5) is 20.7. The molecule has 2 rings (SSSR count). The Hall–Kier alpha value is -2.43. The van der Waals surface area contributed by atoms with Crippen LogP contribution in [0.2, 0.25) is 0 Å². The van der Waals surface area contributed by atoms with Gasteiger partial charge in [-0.1, -0.05) is 32.9 Å². The fourth-order valence-corrected chi connectivity index (χ4v) is 2.02. The molecule has 5 nitrogen and oxygen atoms in total. The summed E-state index contributed by atoms with van der Waals surface area (Å²) in [5.74, 6) is 0.704. The van der Waals surface area contributed by atoms with Crippen molar-refractivity contribution >= 4 is 17.5 Å². The highest BCUT2D eigenvalue weighted by molar-refractivity contribution is 6.02. The molecule has 1 atom stereocenters. The van der Waals surface area contributed by atoms with Crippen molar-refractivity contribution < 1.29 is 4.79 Å². The van der Waals surface area contributed by atoms with E-state index in [-0.39, 0.29) is 11.9 Å². The van der Waals surface area contributed by atoms with Crippen LogP contribution in [0, 0.1) is 0 Å². The van der Waals surface area contributed by atoms with Gasteiger partial charge in [0.2, 0.25) is 5.95 Å². The number of aromatic nitrogens is 2. The van der Waals surface area contributed by atoms with E-state index in [0.29, 0.717) is 17.6 Å². The van der Waals surface area contributed by atoms with Crippen molar-refractivity contribution in [3.8, 4) is 0 Å². The third-order valence-corrected chi connectivity index (χ3v) is 3.71. The van der Waals surface area contributed by atoms with Crippen molar-refractivity contribution in [3.05, 3.63) is 47.8 Å². The van der Waals surface area contributed by atoms with Crippen molar-refractivity contribution in [3.63, 3.8) is 0 Å². The van der Waals surface area contributed by atoms with E-state index in [1.165, 1.54) is 5.56 Å². The molecule has 1 aromatic carbocycles. The first kappa shape index (κ1) is 16.9. The molecule has 0 saturated heterocycles. The van der Waals surface area contributed by atoms with E-state index in [0.717, 1.165) is 12.1 Å². The lowest BCUT2D eigenvalue weighted by Gasteiger charge is -2.12. The number of anilines is 2. The molecule has 1 unspecified atom stereocenters. The topological polar surface area (TPSA) is 66.9 Å². The van der Waals surface area contributed by atoms with Gasteiger partial charge >= 0.3 is 0 Å². The Kier molecular flexibility index (Phi) is 5.68. The average Bonchev–Trinajstić information content (AvgIpc) is 2.55.